The van der Waals surface area contributed by atoms with E-state index in [0.29, 0.717) is 31.6 Å². The molecule has 1 aliphatic heterocycles. The van der Waals surface area contributed by atoms with E-state index in [-0.39, 0.29) is 29.0 Å². The third-order valence-corrected chi connectivity index (χ3v) is 6.38. The molecule has 0 spiro atoms. The fraction of sp³-hybridized carbons (Fsp3) is 0.579. The van der Waals surface area contributed by atoms with Crippen LogP contribution in [0.2, 0.25) is 0 Å². The lowest BCUT2D eigenvalue weighted by molar-refractivity contribution is 0.186. The summed E-state index contributed by atoms with van der Waals surface area (Å²) in [5, 5.41) is 13.9. The van der Waals surface area contributed by atoms with E-state index in [4.69, 9.17) is 5.14 Å². The first-order valence-corrected chi connectivity index (χ1v) is 11.6. The lowest BCUT2D eigenvalue weighted by atomic mass is 9.96. The molecule has 160 valence electrons. The van der Waals surface area contributed by atoms with E-state index in [1.54, 1.807) is 11.0 Å². The van der Waals surface area contributed by atoms with Crippen molar-refractivity contribution in [1.29, 1.82) is 0 Å². The first kappa shape index (κ1) is 21.4. The van der Waals surface area contributed by atoms with Crippen LogP contribution < -0.4 is 21.1 Å². The largest absolute Gasteiger partial charge is 0.335 e. The lowest BCUT2D eigenvalue weighted by Crippen LogP contribution is -2.51. The zero-order valence-corrected chi connectivity index (χ0v) is 17.2. The summed E-state index contributed by atoms with van der Waals surface area (Å²) >= 11 is 0. The molecular weight excluding hydrogens is 394 g/mol. The highest BCUT2D eigenvalue weighted by molar-refractivity contribution is 7.89. The van der Waals surface area contributed by atoms with Gasteiger partial charge in [-0.15, -0.1) is 0 Å². The van der Waals surface area contributed by atoms with Crippen LogP contribution >= 0.6 is 0 Å². The number of rotatable bonds is 4. The van der Waals surface area contributed by atoms with Crippen molar-refractivity contribution in [2.75, 3.05) is 18.4 Å². The monoisotopic (exact) mass is 423 g/mol. The highest BCUT2D eigenvalue weighted by atomic mass is 32.2. The third-order valence-electron chi connectivity index (χ3n) is 5.47. The van der Waals surface area contributed by atoms with Crippen molar-refractivity contribution in [2.45, 2.75) is 61.9 Å². The van der Waals surface area contributed by atoms with Crippen LogP contribution in [-0.2, 0) is 10.0 Å². The number of nitrogens with two attached hydrogens (primary N) is 1. The fourth-order valence-corrected chi connectivity index (χ4v) is 4.40. The van der Waals surface area contributed by atoms with Crippen LogP contribution in [0.3, 0.4) is 0 Å². The summed E-state index contributed by atoms with van der Waals surface area (Å²) in [7, 11) is -3.83. The molecule has 0 aromatic heterocycles. The first-order valence-electron chi connectivity index (χ1n) is 10.1. The second-order valence-corrected chi connectivity index (χ2v) is 9.28. The number of anilines is 1. The molecule has 5 N–H and O–H groups in total. The van der Waals surface area contributed by atoms with E-state index in [1.807, 2.05) is 0 Å². The Labute approximate surface area is 171 Å². The molecule has 1 aromatic rings. The van der Waals surface area contributed by atoms with Crippen molar-refractivity contribution in [3.05, 3.63) is 24.3 Å². The molecule has 29 heavy (non-hydrogen) atoms. The summed E-state index contributed by atoms with van der Waals surface area (Å²) in [5.74, 6) is 0. The zero-order valence-electron chi connectivity index (χ0n) is 16.4. The van der Waals surface area contributed by atoms with Gasteiger partial charge in [0.25, 0.3) is 0 Å². The van der Waals surface area contributed by atoms with Crippen LogP contribution in [0.4, 0.5) is 15.3 Å². The quantitative estimate of drug-likeness (QED) is 0.589. The summed E-state index contributed by atoms with van der Waals surface area (Å²) in [6.45, 7) is 1.02. The van der Waals surface area contributed by atoms with Crippen LogP contribution in [0.15, 0.2) is 29.2 Å². The number of urea groups is 2. The number of amides is 4. The van der Waals surface area contributed by atoms with Crippen LogP contribution in [0, 0.1) is 0 Å². The van der Waals surface area contributed by atoms with Gasteiger partial charge in [-0.05, 0) is 43.9 Å². The second kappa shape index (κ2) is 9.45. The fourth-order valence-electron chi connectivity index (χ4n) is 3.84. The minimum atomic E-state index is -3.83. The van der Waals surface area contributed by atoms with Gasteiger partial charge >= 0.3 is 12.1 Å². The van der Waals surface area contributed by atoms with Crippen molar-refractivity contribution in [3.63, 3.8) is 0 Å². The number of piperidine rings is 1. The van der Waals surface area contributed by atoms with Crippen LogP contribution in [0.5, 0.6) is 0 Å². The average Bonchev–Trinajstić information content (AvgIpc) is 2.69. The van der Waals surface area contributed by atoms with Crippen molar-refractivity contribution in [1.82, 2.24) is 15.5 Å². The molecule has 1 aromatic carbocycles. The molecule has 4 amide bonds. The molecule has 0 unspecified atom stereocenters. The topological polar surface area (TPSA) is 134 Å². The van der Waals surface area contributed by atoms with Crippen molar-refractivity contribution >= 4 is 27.8 Å². The Hall–Kier alpha value is -2.33. The molecule has 10 heteroatoms. The van der Waals surface area contributed by atoms with Gasteiger partial charge in [-0.2, -0.15) is 0 Å². The average molecular weight is 424 g/mol. The van der Waals surface area contributed by atoms with E-state index in [2.05, 4.69) is 16.0 Å². The number of benzene rings is 1. The number of carbonyl (C=O) groups excluding carboxylic acids is 2. The molecule has 1 saturated carbocycles. The molecule has 9 nitrogen and oxygen atoms in total. The van der Waals surface area contributed by atoms with Gasteiger partial charge in [-0.25, -0.2) is 23.1 Å². The molecular formula is C19H29N5O4S. The third kappa shape index (κ3) is 6.33. The van der Waals surface area contributed by atoms with E-state index in [9.17, 15) is 18.0 Å². The number of sulfonamides is 1. The van der Waals surface area contributed by atoms with Crippen molar-refractivity contribution in [2.24, 2.45) is 5.14 Å². The standard InChI is InChI=1S/C19H29N5O4S/c20-29(27,28)17-8-4-7-16(13-17)23-19(26)24-11-9-15(10-12-24)22-18(25)21-14-5-2-1-3-6-14/h4,7-8,13-15H,1-3,5-6,9-12H2,(H,23,26)(H2,20,27,28)(H2,21,22,25). The smallest absolute Gasteiger partial charge is 0.321 e. The Balaban J connectivity index is 1.44. The van der Waals surface area contributed by atoms with E-state index < -0.39 is 10.0 Å². The summed E-state index contributed by atoms with van der Waals surface area (Å²) in [4.78, 5) is 26.2. The van der Waals surface area contributed by atoms with Crippen molar-refractivity contribution < 1.29 is 18.0 Å². The maximum Gasteiger partial charge on any atom is 0.321 e. The van der Waals surface area contributed by atoms with E-state index in [0.717, 1.165) is 12.8 Å². The van der Waals surface area contributed by atoms with Crippen molar-refractivity contribution in [3.8, 4) is 0 Å². The molecule has 2 fully saturated rings. The van der Waals surface area contributed by atoms with Gasteiger partial charge in [0.15, 0.2) is 0 Å². The lowest BCUT2D eigenvalue weighted by Gasteiger charge is -2.33. The summed E-state index contributed by atoms with van der Waals surface area (Å²) in [6.07, 6.45) is 6.99. The predicted octanol–water partition coefficient (Wildman–Crippen LogP) is 1.96. The number of hydrogen-bond donors (Lipinski definition) is 4. The van der Waals surface area contributed by atoms with Crippen LogP contribution in [0.1, 0.15) is 44.9 Å². The highest BCUT2D eigenvalue weighted by Crippen LogP contribution is 2.18. The SMILES string of the molecule is NS(=O)(=O)c1cccc(NC(=O)N2CCC(NC(=O)NC3CCCCC3)CC2)c1. The summed E-state index contributed by atoms with van der Waals surface area (Å²) in [5.41, 5.74) is 0.369. The number of carbonyl (C=O) groups is 2. The number of nitrogens with one attached hydrogen (secondary N) is 3. The van der Waals surface area contributed by atoms with Crippen LogP contribution in [0.25, 0.3) is 0 Å². The number of likely N-dealkylation sites (tertiary alicyclic amines) is 1. The van der Waals surface area contributed by atoms with E-state index >= 15 is 0 Å². The molecule has 3 rings (SSSR count). The molecule has 2 aliphatic rings. The Morgan fingerprint density at radius 1 is 0.966 bits per heavy atom. The summed E-state index contributed by atoms with van der Waals surface area (Å²) < 4.78 is 22.9. The molecule has 0 atom stereocenters. The van der Waals surface area contributed by atoms with Gasteiger partial charge in [0, 0.05) is 30.9 Å². The zero-order chi connectivity index (χ0) is 20.9. The predicted molar refractivity (Wildman–Crippen MR) is 110 cm³/mol. The first-order chi connectivity index (χ1) is 13.8. The normalized spacial score (nSPS) is 18.9. The maximum atomic E-state index is 12.5. The number of hydrogen-bond acceptors (Lipinski definition) is 4. The maximum absolute atomic E-state index is 12.5. The molecule has 1 aliphatic carbocycles. The minimum absolute atomic E-state index is 0.0355. The van der Waals surface area contributed by atoms with E-state index in [1.165, 1.54) is 37.5 Å². The van der Waals surface area contributed by atoms with Gasteiger partial charge in [-0.3, -0.25) is 0 Å². The van der Waals surface area contributed by atoms with Gasteiger partial charge in [0.05, 0.1) is 4.90 Å². The Morgan fingerprint density at radius 2 is 1.59 bits per heavy atom. The number of nitrogens with zero attached hydrogens (tertiary/aromatic N) is 1. The summed E-state index contributed by atoms with van der Waals surface area (Å²) in [6, 6.07) is 5.71. The minimum Gasteiger partial charge on any atom is -0.335 e. The Kier molecular flexibility index (Phi) is 6.96. The number of primary sulfonamides is 1. The highest BCUT2D eigenvalue weighted by Gasteiger charge is 2.25. The molecule has 1 heterocycles. The van der Waals surface area contributed by atoms with Gasteiger partial charge in [-0.1, -0.05) is 25.3 Å². The second-order valence-electron chi connectivity index (χ2n) is 7.72. The Bertz CT molecular complexity index is 831. The van der Waals surface area contributed by atoms with Crippen LogP contribution in [-0.4, -0.2) is 50.6 Å². The molecule has 0 bridgehead atoms. The van der Waals surface area contributed by atoms with Gasteiger partial charge in [0.2, 0.25) is 10.0 Å². The Morgan fingerprint density at radius 3 is 2.21 bits per heavy atom. The molecule has 1 saturated heterocycles. The van der Waals surface area contributed by atoms with Gasteiger partial charge < -0.3 is 20.9 Å². The molecule has 0 radical (unpaired) electrons. The van der Waals surface area contributed by atoms with Gasteiger partial charge in [0.1, 0.15) is 0 Å².